The summed E-state index contributed by atoms with van der Waals surface area (Å²) in [5.74, 6) is 1.40. The second kappa shape index (κ2) is 7.59. The van der Waals surface area contributed by atoms with E-state index < -0.39 is 0 Å². The van der Waals surface area contributed by atoms with E-state index in [0.717, 1.165) is 44.2 Å². The Labute approximate surface area is 183 Å². The van der Waals surface area contributed by atoms with Gasteiger partial charge < -0.3 is 8.83 Å². The second-order valence-electron chi connectivity index (χ2n) is 7.43. The van der Waals surface area contributed by atoms with Gasteiger partial charge in [-0.1, -0.05) is 24.3 Å². The summed E-state index contributed by atoms with van der Waals surface area (Å²) in [4.78, 5) is 16.7. The highest BCUT2D eigenvalue weighted by Crippen LogP contribution is 2.31. The van der Waals surface area contributed by atoms with Gasteiger partial charge in [0.2, 0.25) is 0 Å². The van der Waals surface area contributed by atoms with Crippen molar-refractivity contribution < 1.29 is 8.83 Å². The minimum absolute atomic E-state index is 0.700. The summed E-state index contributed by atoms with van der Waals surface area (Å²) in [7, 11) is 0. The number of aromatic nitrogens is 4. The van der Waals surface area contributed by atoms with Gasteiger partial charge in [0, 0.05) is 47.0 Å². The molecular formula is C26H16N4O2. The summed E-state index contributed by atoms with van der Waals surface area (Å²) in [5, 5.41) is 2.30. The molecule has 6 aromatic rings. The van der Waals surface area contributed by atoms with Gasteiger partial charge >= 0.3 is 0 Å². The van der Waals surface area contributed by atoms with Crippen LogP contribution in [0.4, 0.5) is 0 Å². The summed E-state index contributed by atoms with van der Waals surface area (Å²) in [6.07, 6.45) is 13.5. The van der Waals surface area contributed by atoms with Crippen LogP contribution >= 0.6 is 0 Å². The van der Waals surface area contributed by atoms with Gasteiger partial charge in [0.1, 0.15) is 0 Å². The number of oxazole rings is 2. The molecule has 6 nitrogen and oxygen atoms in total. The Morgan fingerprint density at radius 3 is 1.31 bits per heavy atom. The van der Waals surface area contributed by atoms with E-state index in [1.807, 2.05) is 12.4 Å². The number of nitrogens with zero attached hydrogens (tertiary/aromatic N) is 4. The molecule has 0 saturated heterocycles. The van der Waals surface area contributed by atoms with Crippen LogP contribution in [0.1, 0.15) is 0 Å². The molecule has 0 spiro atoms. The van der Waals surface area contributed by atoms with Gasteiger partial charge in [-0.3, -0.25) is 9.97 Å². The summed E-state index contributed by atoms with van der Waals surface area (Å²) < 4.78 is 10.8. The number of benzene rings is 2. The zero-order valence-electron chi connectivity index (χ0n) is 16.8. The molecule has 0 aliphatic carbocycles. The van der Waals surface area contributed by atoms with Gasteiger partial charge in [-0.05, 0) is 46.2 Å². The number of rotatable bonds is 4. The fraction of sp³-hybridized carbons (Fsp3) is 0. The van der Waals surface area contributed by atoms with Crippen molar-refractivity contribution in [3.8, 4) is 44.9 Å². The molecule has 0 radical (unpaired) electrons. The van der Waals surface area contributed by atoms with Crippen molar-refractivity contribution in [2.45, 2.75) is 0 Å². The normalized spacial score (nSPS) is 11.1. The first-order valence-electron chi connectivity index (χ1n) is 10.1. The standard InChI is InChI=1S/C26H16N4O2/c1-3-19(21-7-23(11-27-9-21)25-13-29-15-31-25)6-18-2-4-20(5-17(1)18)22-8-24(12-28-10-22)26-14-30-16-32-26/h1-16H. The molecule has 0 aliphatic rings. The summed E-state index contributed by atoms with van der Waals surface area (Å²) >= 11 is 0. The predicted octanol–water partition coefficient (Wildman–Crippen LogP) is 6.27. The van der Waals surface area contributed by atoms with Crippen LogP contribution in [0, 0.1) is 0 Å². The largest absolute Gasteiger partial charge is 0.443 e. The number of hydrogen-bond acceptors (Lipinski definition) is 6. The Hall–Kier alpha value is -4.58. The van der Waals surface area contributed by atoms with Gasteiger partial charge in [-0.25, -0.2) is 9.97 Å². The average Bonchev–Trinajstić information content (AvgIpc) is 3.59. The van der Waals surface area contributed by atoms with Crippen LogP contribution in [-0.2, 0) is 0 Å². The van der Waals surface area contributed by atoms with Crippen molar-refractivity contribution >= 4 is 10.8 Å². The van der Waals surface area contributed by atoms with Crippen LogP contribution in [0.5, 0.6) is 0 Å². The smallest absolute Gasteiger partial charge is 0.181 e. The SMILES string of the molecule is c1ncc(-c2cncc(-c3ccc4cc(-c5cncc(-c6cnco6)c5)ccc4c3)c2)o1. The van der Waals surface area contributed by atoms with Gasteiger partial charge in [-0.15, -0.1) is 0 Å². The number of hydrogen-bond donors (Lipinski definition) is 0. The monoisotopic (exact) mass is 416 g/mol. The molecule has 6 rings (SSSR count). The maximum Gasteiger partial charge on any atom is 0.181 e. The minimum atomic E-state index is 0.700. The lowest BCUT2D eigenvalue weighted by Gasteiger charge is -2.08. The Morgan fingerprint density at radius 2 is 0.875 bits per heavy atom. The van der Waals surface area contributed by atoms with Gasteiger partial charge in [0.05, 0.1) is 12.4 Å². The highest BCUT2D eigenvalue weighted by molar-refractivity contribution is 5.91. The second-order valence-corrected chi connectivity index (χ2v) is 7.43. The van der Waals surface area contributed by atoms with E-state index in [1.54, 1.807) is 24.8 Å². The van der Waals surface area contributed by atoms with E-state index in [2.05, 4.69) is 68.5 Å². The van der Waals surface area contributed by atoms with E-state index in [1.165, 1.54) is 12.8 Å². The number of pyridine rings is 2. The molecule has 0 unspecified atom stereocenters. The fourth-order valence-electron chi connectivity index (χ4n) is 3.79. The lowest BCUT2D eigenvalue weighted by atomic mass is 9.98. The van der Waals surface area contributed by atoms with E-state index in [4.69, 9.17) is 8.83 Å². The fourth-order valence-corrected chi connectivity index (χ4v) is 3.79. The Balaban J connectivity index is 1.36. The van der Waals surface area contributed by atoms with Gasteiger partial charge in [0.25, 0.3) is 0 Å². The maximum atomic E-state index is 5.40. The highest BCUT2D eigenvalue weighted by atomic mass is 16.3. The first kappa shape index (κ1) is 18.2. The average molecular weight is 416 g/mol. The van der Waals surface area contributed by atoms with Crippen LogP contribution < -0.4 is 0 Å². The molecular weight excluding hydrogens is 400 g/mol. The Bertz CT molecular complexity index is 1410. The molecule has 4 heterocycles. The molecule has 0 N–H and O–H groups in total. The molecule has 0 amide bonds. The van der Waals surface area contributed by atoms with E-state index in [9.17, 15) is 0 Å². The van der Waals surface area contributed by atoms with Crippen molar-refractivity contribution in [2.24, 2.45) is 0 Å². The molecule has 0 bridgehead atoms. The van der Waals surface area contributed by atoms with Gasteiger partial charge in [-0.2, -0.15) is 0 Å². The van der Waals surface area contributed by atoms with Crippen molar-refractivity contribution in [1.82, 2.24) is 19.9 Å². The van der Waals surface area contributed by atoms with Crippen molar-refractivity contribution in [2.75, 3.05) is 0 Å². The molecule has 0 saturated carbocycles. The van der Waals surface area contributed by atoms with Crippen molar-refractivity contribution in [3.05, 3.63) is 98.5 Å². The van der Waals surface area contributed by atoms with Crippen LogP contribution in [0.3, 0.4) is 0 Å². The van der Waals surface area contributed by atoms with Crippen molar-refractivity contribution in [1.29, 1.82) is 0 Å². The first-order valence-corrected chi connectivity index (χ1v) is 10.1. The molecule has 2 aromatic carbocycles. The zero-order chi connectivity index (χ0) is 21.3. The minimum Gasteiger partial charge on any atom is -0.443 e. The lowest BCUT2D eigenvalue weighted by Crippen LogP contribution is -1.85. The van der Waals surface area contributed by atoms with Crippen LogP contribution in [0.2, 0.25) is 0 Å². The van der Waals surface area contributed by atoms with Gasteiger partial charge in [0.15, 0.2) is 24.3 Å². The molecule has 0 atom stereocenters. The van der Waals surface area contributed by atoms with E-state index >= 15 is 0 Å². The first-order chi connectivity index (χ1) is 15.8. The van der Waals surface area contributed by atoms with Crippen LogP contribution in [-0.4, -0.2) is 19.9 Å². The maximum absolute atomic E-state index is 5.40. The topological polar surface area (TPSA) is 77.8 Å². The number of fused-ring (bicyclic) bond motifs is 1. The van der Waals surface area contributed by atoms with Crippen LogP contribution in [0.15, 0.2) is 107 Å². The van der Waals surface area contributed by atoms with Crippen molar-refractivity contribution in [3.63, 3.8) is 0 Å². The molecule has 0 aliphatic heterocycles. The third kappa shape index (κ3) is 3.33. The summed E-state index contributed by atoms with van der Waals surface area (Å²) in [6.45, 7) is 0. The highest BCUT2D eigenvalue weighted by Gasteiger charge is 2.08. The Morgan fingerprint density at radius 1 is 0.406 bits per heavy atom. The van der Waals surface area contributed by atoms with E-state index in [0.29, 0.717) is 11.5 Å². The summed E-state index contributed by atoms with van der Waals surface area (Å²) in [6, 6.07) is 16.9. The predicted molar refractivity (Wildman–Crippen MR) is 121 cm³/mol. The molecule has 0 fully saturated rings. The van der Waals surface area contributed by atoms with E-state index in [-0.39, 0.29) is 0 Å². The molecule has 6 heteroatoms. The van der Waals surface area contributed by atoms with Crippen LogP contribution in [0.25, 0.3) is 55.7 Å². The molecule has 32 heavy (non-hydrogen) atoms. The molecule has 4 aromatic heterocycles. The third-order valence-corrected chi connectivity index (χ3v) is 5.42. The quantitative estimate of drug-likeness (QED) is 0.337. The lowest BCUT2D eigenvalue weighted by molar-refractivity contribution is 0.571. The Kier molecular flexibility index (Phi) is 4.32. The summed E-state index contributed by atoms with van der Waals surface area (Å²) in [5.41, 5.74) is 6.02. The zero-order valence-corrected chi connectivity index (χ0v) is 16.8. The third-order valence-electron chi connectivity index (χ3n) is 5.42. The molecule has 152 valence electrons.